The van der Waals surface area contributed by atoms with Gasteiger partial charge in [0.25, 0.3) is 0 Å². The SMILES string of the molecule is CO[C@@H]1CNc2ccccc2CO1. The molecular weight excluding hydrogens is 166 g/mol. The van der Waals surface area contributed by atoms with Crippen LogP contribution in [0.4, 0.5) is 5.69 Å². The number of ether oxygens (including phenoxy) is 2. The lowest BCUT2D eigenvalue weighted by Gasteiger charge is -2.11. The van der Waals surface area contributed by atoms with E-state index in [1.165, 1.54) is 5.56 Å². The Labute approximate surface area is 77.7 Å². The summed E-state index contributed by atoms with van der Waals surface area (Å²) in [4.78, 5) is 0. The normalized spacial score (nSPS) is 21.5. The molecule has 1 aliphatic rings. The van der Waals surface area contributed by atoms with Crippen LogP contribution in [0.1, 0.15) is 5.56 Å². The highest BCUT2D eigenvalue weighted by molar-refractivity contribution is 5.51. The first-order valence-corrected chi connectivity index (χ1v) is 4.36. The van der Waals surface area contributed by atoms with Crippen molar-refractivity contribution in [3.8, 4) is 0 Å². The largest absolute Gasteiger partial charge is 0.380 e. The van der Waals surface area contributed by atoms with Gasteiger partial charge in [-0.05, 0) is 6.07 Å². The maximum absolute atomic E-state index is 5.49. The van der Waals surface area contributed by atoms with Gasteiger partial charge in [0.05, 0.1) is 13.2 Å². The fraction of sp³-hybridized carbons (Fsp3) is 0.400. The number of benzene rings is 1. The number of rotatable bonds is 1. The predicted octanol–water partition coefficient (Wildman–Crippen LogP) is 1.60. The molecule has 3 heteroatoms. The molecule has 0 saturated carbocycles. The van der Waals surface area contributed by atoms with Crippen molar-refractivity contribution >= 4 is 5.69 Å². The number of nitrogens with one attached hydrogen (secondary N) is 1. The fourth-order valence-electron chi connectivity index (χ4n) is 1.40. The first kappa shape index (κ1) is 8.53. The van der Waals surface area contributed by atoms with Gasteiger partial charge in [0, 0.05) is 18.4 Å². The predicted molar refractivity (Wildman–Crippen MR) is 50.5 cm³/mol. The zero-order valence-corrected chi connectivity index (χ0v) is 7.62. The molecule has 0 spiro atoms. The highest BCUT2D eigenvalue weighted by atomic mass is 16.7. The Morgan fingerprint density at radius 2 is 2.31 bits per heavy atom. The summed E-state index contributed by atoms with van der Waals surface area (Å²) in [5, 5.41) is 3.28. The van der Waals surface area contributed by atoms with Gasteiger partial charge in [-0.3, -0.25) is 0 Å². The molecule has 1 atom stereocenters. The summed E-state index contributed by atoms with van der Waals surface area (Å²) in [6.45, 7) is 1.31. The lowest BCUT2D eigenvalue weighted by atomic mass is 10.2. The van der Waals surface area contributed by atoms with Crippen LogP contribution in [0.5, 0.6) is 0 Å². The average Bonchev–Trinajstić information content (AvgIpc) is 2.39. The summed E-state index contributed by atoms with van der Waals surface area (Å²) in [5.41, 5.74) is 2.32. The minimum atomic E-state index is -0.146. The number of methoxy groups -OCH3 is 1. The summed E-state index contributed by atoms with van der Waals surface area (Å²) in [6.07, 6.45) is -0.146. The van der Waals surface area contributed by atoms with Gasteiger partial charge in [-0.25, -0.2) is 0 Å². The molecule has 1 heterocycles. The van der Waals surface area contributed by atoms with E-state index >= 15 is 0 Å². The van der Waals surface area contributed by atoms with Crippen LogP contribution in [-0.2, 0) is 16.1 Å². The maximum Gasteiger partial charge on any atom is 0.174 e. The van der Waals surface area contributed by atoms with Crippen LogP contribution >= 0.6 is 0 Å². The Bertz CT molecular complexity index is 261. The number of hydrogen-bond donors (Lipinski definition) is 1. The molecule has 1 aromatic carbocycles. The third-order valence-corrected chi connectivity index (χ3v) is 2.16. The summed E-state index contributed by atoms with van der Waals surface area (Å²) < 4.78 is 10.6. The van der Waals surface area contributed by atoms with Crippen molar-refractivity contribution in [3.05, 3.63) is 29.8 Å². The molecule has 0 unspecified atom stereocenters. The summed E-state index contributed by atoms with van der Waals surface area (Å²) >= 11 is 0. The molecule has 0 saturated heterocycles. The lowest BCUT2D eigenvalue weighted by molar-refractivity contribution is -0.119. The molecule has 0 fully saturated rings. The Morgan fingerprint density at radius 1 is 1.46 bits per heavy atom. The van der Waals surface area contributed by atoms with Gasteiger partial charge in [-0.1, -0.05) is 18.2 Å². The van der Waals surface area contributed by atoms with Crippen molar-refractivity contribution in [2.75, 3.05) is 19.0 Å². The van der Waals surface area contributed by atoms with E-state index in [0.717, 1.165) is 5.69 Å². The summed E-state index contributed by atoms with van der Waals surface area (Å²) in [7, 11) is 1.66. The van der Waals surface area contributed by atoms with Gasteiger partial charge in [-0.2, -0.15) is 0 Å². The highest BCUT2D eigenvalue weighted by Crippen LogP contribution is 2.19. The van der Waals surface area contributed by atoms with Crippen molar-refractivity contribution in [3.63, 3.8) is 0 Å². The van der Waals surface area contributed by atoms with Crippen molar-refractivity contribution in [1.29, 1.82) is 0 Å². The lowest BCUT2D eigenvalue weighted by Crippen LogP contribution is -2.22. The van der Waals surface area contributed by atoms with E-state index in [9.17, 15) is 0 Å². The standard InChI is InChI=1S/C10H13NO2/c1-12-10-6-11-9-5-3-2-4-8(9)7-13-10/h2-5,10-11H,6-7H2,1H3/t10-/m0/s1. The van der Waals surface area contributed by atoms with Crippen molar-refractivity contribution in [2.24, 2.45) is 0 Å². The molecule has 2 rings (SSSR count). The molecule has 0 aliphatic carbocycles. The first-order valence-electron chi connectivity index (χ1n) is 4.36. The van der Waals surface area contributed by atoms with Gasteiger partial charge in [0.15, 0.2) is 6.29 Å². The number of para-hydroxylation sites is 1. The Kier molecular flexibility index (Phi) is 2.47. The molecule has 1 aromatic rings. The van der Waals surface area contributed by atoms with E-state index < -0.39 is 0 Å². The van der Waals surface area contributed by atoms with Crippen LogP contribution in [0.2, 0.25) is 0 Å². The van der Waals surface area contributed by atoms with E-state index in [2.05, 4.69) is 17.4 Å². The molecule has 13 heavy (non-hydrogen) atoms. The average molecular weight is 179 g/mol. The van der Waals surface area contributed by atoms with Gasteiger partial charge in [-0.15, -0.1) is 0 Å². The monoisotopic (exact) mass is 179 g/mol. The molecule has 0 aromatic heterocycles. The van der Waals surface area contributed by atoms with E-state index in [0.29, 0.717) is 13.2 Å². The third-order valence-electron chi connectivity index (χ3n) is 2.16. The molecule has 70 valence electrons. The van der Waals surface area contributed by atoms with Gasteiger partial charge in [0.2, 0.25) is 0 Å². The minimum absolute atomic E-state index is 0.146. The van der Waals surface area contributed by atoms with Crippen molar-refractivity contribution in [1.82, 2.24) is 0 Å². The topological polar surface area (TPSA) is 30.5 Å². The first-order chi connectivity index (χ1) is 6.40. The summed E-state index contributed by atoms with van der Waals surface area (Å²) in [6, 6.07) is 8.13. The van der Waals surface area contributed by atoms with E-state index in [-0.39, 0.29) is 6.29 Å². The second kappa shape index (κ2) is 3.77. The third kappa shape index (κ3) is 1.82. The number of anilines is 1. The highest BCUT2D eigenvalue weighted by Gasteiger charge is 2.13. The molecule has 0 radical (unpaired) electrons. The van der Waals surface area contributed by atoms with Crippen LogP contribution in [0, 0.1) is 0 Å². The second-order valence-electron chi connectivity index (χ2n) is 3.01. The smallest absolute Gasteiger partial charge is 0.174 e. The summed E-state index contributed by atoms with van der Waals surface area (Å²) in [5.74, 6) is 0. The van der Waals surface area contributed by atoms with Gasteiger partial charge in [0.1, 0.15) is 0 Å². The van der Waals surface area contributed by atoms with Crippen LogP contribution in [0.15, 0.2) is 24.3 Å². The van der Waals surface area contributed by atoms with E-state index in [4.69, 9.17) is 9.47 Å². The fourth-order valence-corrected chi connectivity index (χ4v) is 1.40. The molecular formula is C10H13NO2. The Hall–Kier alpha value is -1.06. The van der Waals surface area contributed by atoms with Crippen molar-refractivity contribution in [2.45, 2.75) is 12.9 Å². The molecule has 3 nitrogen and oxygen atoms in total. The molecule has 0 amide bonds. The molecule has 1 N–H and O–H groups in total. The van der Waals surface area contributed by atoms with Crippen LogP contribution in [-0.4, -0.2) is 19.9 Å². The van der Waals surface area contributed by atoms with Crippen molar-refractivity contribution < 1.29 is 9.47 Å². The molecule has 0 bridgehead atoms. The maximum atomic E-state index is 5.49. The second-order valence-corrected chi connectivity index (χ2v) is 3.01. The minimum Gasteiger partial charge on any atom is -0.380 e. The zero-order valence-electron chi connectivity index (χ0n) is 7.62. The van der Waals surface area contributed by atoms with E-state index in [1.807, 2.05) is 12.1 Å². The van der Waals surface area contributed by atoms with Crippen LogP contribution in [0.25, 0.3) is 0 Å². The van der Waals surface area contributed by atoms with Gasteiger partial charge >= 0.3 is 0 Å². The quantitative estimate of drug-likeness (QED) is 0.710. The van der Waals surface area contributed by atoms with Gasteiger partial charge < -0.3 is 14.8 Å². The Morgan fingerprint density at radius 3 is 3.15 bits per heavy atom. The van der Waals surface area contributed by atoms with Crippen LogP contribution in [0.3, 0.4) is 0 Å². The number of hydrogen-bond acceptors (Lipinski definition) is 3. The zero-order chi connectivity index (χ0) is 9.10. The molecule has 1 aliphatic heterocycles. The van der Waals surface area contributed by atoms with Crippen LogP contribution < -0.4 is 5.32 Å². The number of fused-ring (bicyclic) bond motifs is 1. The van der Waals surface area contributed by atoms with E-state index in [1.54, 1.807) is 7.11 Å². The Balaban J connectivity index is 2.17.